The summed E-state index contributed by atoms with van der Waals surface area (Å²) < 4.78 is 0. The fourth-order valence-electron chi connectivity index (χ4n) is 3.49. The number of fused-ring (bicyclic) bond motifs is 3. The van der Waals surface area contributed by atoms with Gasteiger partial charge in [-0.15, -0.1) is 0 Å². The zero-order valence-corrected chi connectivity index (χ0v) is 11.6. The molecule has 0 bridgehead atoms. The van der Waals surface area contributed by atoms with Crippen LogP contribution in [0.1, 0.15) is 34.0 Å². The van der Waals surface area contributed by atoms with Crippen molar-refractivity contribution < 1.29 is 9.59 Å². The molecule has 1 atom stereocenters. The maximum atomic E-state index is 12.5. The normalized spacial score (nSPS) is 22.0. The topological polar surface area (TPSA) is 59.1 Å². The number of carbonyl (C=O) groups excluding carboxylic acids is 2. The van der Waals surface area contributed by atoms with Crippen molar-refractivity contribution in [2.24, 2.45) is 0 Å². The van der Waals surface area contributed by atoms with Gasteiger partial charge in [-0.3, -0.25) is 9.59 Å². The molecule has 104 valence electrons. The van der Waals surface area contributed by atoms with Gasteiger partial charge in [0, 0.05) is 17.3 Å². The lowest BCUT2D eigenvalue weighted by atomic mass is 9.79. The molecule has 1 N–H and O–H groups in total. The van der Waals surface area contributed by atoms with Crippen molar-refractivity contribution in [3.05, 3.63) is 58.8 Å². The molecule has 1 unspecified atom stereocenters. The highest BCUT2D eigenvalue weighted by Gasteiger charge is 2.50. The van der Waals surface area contributed by atoms with Gasteiger partial charge in [0.15, 0.2) is 5.78 Å². The Balaban J connectivity index is 1.83. The molecule has 1 aromatic carbocycles. The number of ketones is 1. The fraction of sp³-hybridized carbons (Fsp3) is 0.235. The molecule has 4 rings (SSSR count). The van der Waals surface area contributed by atoms with E-state index in [0.29, 0.717) is 24.2 Å². The van der Waals surface area contributed by atoms with Crippen LogP contribution in [0.2, 0.25) is 0 Å². The Bertz CT molecular complexity index is 797. The van der Waals surface area contributed by atoms with Gasteiger partial charge < -0.3 is 5.32 Å². The molecule has 0 radical (unpaired) electrons. The minimum absolute atomic E-state index is 0.0109. The zero-order valence-electron chi connectivity index (χ0n) is 11.6. The predicted octanol–water partition coefficient (Wildman–Crippen LogP) is 2.27. The predicted molar refractivity (Wildman–Crippen MR) is 78.4 cm³/mol. The number of carbonyl (C=O) groups is 2. The first-order chi connectivity index (χ1) is 10.1. The summed E-state index contributed by atoms with van der Waals surface area (Å²) in [6.07, 6.45) is 2.99. The highest BCUT2D eigenvalue weighted by atomic mass is 16.2. The number of anilines is 1. The van der Waals surface area contributed by atoms with Crippen LogP contribution in [0.15, 0.2) is 36.5 Å². The summed E-state index contributed by atoms with van der Waals surface area (Å²) in [5, 5.41) is 2.89. The number of Topliss-reactive ketones (excluding diaryl/α,β-unsaturated/α-hetero) is 1. The van der Waals surface area contributed by atoms with Crippen LogP contribution in [-0.4, -0.2) is 16.7 Å². The summed E-state index contributed by atoms with van der Waals surface area (Å²) in [7, 11) is 0. The zero-order chi connectivity index (χ0) is 14.6. The summed E-state index contributed by atoms with van der Waals surface area (Å²) in [4.78, 5) is 28.3. The van der Waals surface area contributed by atoms with Crippen LogP contribution in [0, 0.1) is 0 Å². The van der Waals surface area contributed by atoms with E-state index >= 15 is 0 Å². The maximum absolute atomic E-state index is 12.5. The molecular formula is C17H14N2O2. The average Bonchev–Trinajstić information content (AvgIpc) is 2.98. The van der Waals surface area contributed by atoms with E-state index in [1.807, 2.05) is 30.3 Å². The SMILES string of the molecule is CC(=O)c1ccc2c(c1)CC1(C2)C(=O)Nc2ncccc21. The third kappa shape index (κ3) is 1.59. The number of nitrogens with one attached hydrogen (secondary N) is 1. The average molecular weight is 278 g/mol. The van der Waals surface area contributed by atoms with E-state index in [0.717, 1.165) is 16.7 Å². The summed E-state index contributed by atoms with van der Waals surface area (Å²) in [6, 6.07) is 9.58. The monoisotopic (exact) mass is 278 g/mol. The molecule has 1 aliphatic heterocycles. The molecule has 2 aromatic rings. The van der Waals surface area contributed by atoms with Crippen molar-refractivity contribution in [3.63, 3.8) is 0 Å². The second kappa shape index (κ2) is 4.01. The minimum atomic E-state index is -0.554. The Morgan fingerprint density at radius 3 is 2.86 bits per heavy atom. The lowest BCUT2D eigenvalue weighted by Gasteiger charge is -2.20. The molecule has 4 nitrogen and oxygen atoms in total. The number of amides is 1. The molecule has 1 aliphatic carbocycles. The van der Waals surface area contributed by atoms with Crippen molar-refractivity contribution >= 4 is 17.5 Å². The minimum Gasteiger partial charge on any atom is -0.310 e. The Hall–Kier alpha value is -2.49. The number of benzene rings is 1. The van der Waals surface area contributed by atoms with Gasteiger partial charge in [0.25, 0.3) is 0 Å². The van der Waals surface area contributed by atoms with Gasteiger partial charge in [-0.2, -0.15) is 0 Å². The van der Waals surface area contributed by atoms with Crippen LogP contribution < -0.4 is 5.32 Å². The van der Waals surface area contributed by atoms with E-state index in [1.54, 1.807) is 13.1 Å². The molecule has 2 aliphatic rings. The van der Waals surface area contributed by atoms with E-state index in [-0.39, 0.29) is 11.7 Å². The first-order valence-corrected chi connectivity index (χ1v) is 7.00. The van der Waals surface area contributed by atoms with Gasteiger partial charge in [-0.25, -0.2) is 4.98 Å². The number of nitrogens with zero attached hydrogens (tertiary/aromatic N) is 1. The van der Waals surface area contributed by atoms with Crippen molar-refractivity contribution in [2.45, 2.75) is 25.2 Å². The van der Waals surface area contributed by atoms with E-state index < -0.39 is 5.41 Å². The molecule has 2 heterocycles. The Kier molecular flexibility index (Phi) is 2.34. The van der Waals surface area contributed by atoms with Crippen molar-refractivity contribution in [3.8, 4) is 0 Å². The van der Waals surface area contributed by atoms with Crippen LogP contribution in [0.25, 0.3) is 0 Å². The van der Waals surface area contributed by atoms with E-state index in [9.17, 15) is 9.59 Å². The van der Waals surface area contributed by atoms with Crippen LogP contribution >= 0.6 is 0 Å². The van der Waals surface area contributed by atoms with Gasteiger partial charge >= 0.3 is 0 Å². The van der Waals surface area contributed by atoms with Crippen molar-refractivity contribution in [1.82, 2.24) is 4.98 Å². The molecule has 1 spiro atoms. The number of pyridine rings is 1. The van der Waals surface area contributed by atoms with Gasteiger partial charge in [-0.05, 0) is 43.0 Å². The quantitative estimate of drug-likeness (QED) is 0.814. The summed E-state index contributed by atoms with van der Waals surface area (Å²) >= 11 is 0. The second-order valence-corrected chi connectivity index (χ2v) is 5.83. The lowest BCUT2D eigenvalue weighted by Crippen LogP contribution is -2.35. The van der Waals surface area contributed by atoms with Crippen molar-refractivity contribution in [2.75, 3.05) is 5.32 Å². The van der Waals surface area contributed by atoms with E-state index in [4.69, 9.17) is 0 Å². The molecule has 1 aromatic heterocycles. The van der Waals surface area contributed by atoms with Crippen LogP contribution in [0.4, 0.5) is 5.82 Å². The summed E-state index contributed by atoms with van der Waals surface area (Å²) in [5.74, 6) is 0.732. The highest BCUT2D eigenvalue weighted by molar-refractivity contribution is 6.06. The summed E-state index contributed by atoms with van der Waals surface area (Å²) in [5.41, 5.74) is 3.36. The van der Waals surface area contributed by atoms with E-state index in [2.05, 4.69) is 10.3 Å². The van der Waals surface area contributed by atoms with Crippen LogP contribution in [-0.2, 0) is 23.1 Å². The van der Waals surface area contributed by atoms with E-state index in [1.165, 1.54) is 0 Å². The summed E-state index contributed by atoms with van der Waals surface area (Å²) in [6.45, 7) is 1.56. The standard InChI is InChI=1S/C17H14N2O2/c1-10(20)11-4-5-12-8-17(9-13(12)7-11)14-3-2-6-18-15(14)19-16(17)21/h2-7H,8-9H2,1H3,(H,18,19,21). The Morgan fingerprint density at radius 1 is 1.24 bits per heavy atom. The molecule has 0 saturated heterocycles. The molecule has 0 fully saturated rings. The second-order valence-electron chi connectivity index (χ2n) is 5.83. The third-order valence-corrected chi connectivity index (χ3v) is 4.59. The van der Waals surface area contributed by atoms with Gasteiger partial charge in [0.05, 0.1) is 5.41 Å². The Labute approximate surface area is 122 Å². The molecular weight excluding hydrogens is 264 g/mol. The first-order valence-electron chi connectivity index (χ1n) is 7.00. The molecule has 1 amide bonds. The number of hydrogen-bond donors (Lipinski definition) is 1. The van der Waals surface area contributed by atoms with Crippen molar-refractivity contribution in [1.29, 1.82) is 0 Å². The number of hydrogen-bond acceptors (Lipinski definition) is 3. The van der Waals surface area contributed by atoms with Crippen LogP contribution in [0.3, 0.4) is 0 Å². The van der Waals surface area contributed by atoms with Crippen LogP contribution in [0.5, 0.6) is 0 Å². The van der Waals surface area contributed by atoms with Gasteiger partial charge in [0.2, 0.25) is 5.91 Å². The molecule has 4 heteroatoms. The fourth-order valence-corrected chi connectivity index (χ4v) is 3.49. The molecule has 0 saturated carbocycles. The molecule has 21 heavy (non-hydrogen) atoms. The van der Waals surface area contributed by atoms with Gasteiger partial charge in [-0.1, -0.05) is 18.2 Å². The highest BCUT2D eigenvalue weighted by Crippen LogP contribution is 2.46. The Morgan fingerprint density at radius 2 is 2.05 bits per heavy atom. The first kappa shape index (κ1) is 12.3. The number of aromatic nitrogens is 1. The lowest BCUT2D eigenvalue weighted by molar-refractivity contribution is -0.120. The van der Waals surface area contributed by atoms with Gasteiger partial charge in [0.1, 0.15) is 5.82 Å². The number of rotatable bonds is 1. The third-order valence-electron chi connectivity index (χ3n) is 4.59. The smallest absolute Gasteiger partial charge is 0.237 e. The maximum Gasteiger partial charge on any atom is 0.237 e. The largest absolute Gasteiger partial charge is 0.310 e.